The van der Waals surface area contributed by atoms with Gasteiger partial charge in [-0.25, -0.2) is 0 Å². The lowest BCUT2D eigenvalue weighted by molar-refractivity contribution is 0.307. The summed E-state index contributed by atoms with van der Waals surface area (Å²) in [4.78, 5) is 1.21. The minimum Gasteiger partial charge on any atom is -0.497 e. The first-order valence-corrected chi connectivity index (χ1v) is 6.45. The second-order valence-electron chi connectivity index (χ2n) is 3.16. The topological polar surface area (TPSA) is 18.5 Å². The lowest BCUT2D eigenvalue weighted by Crippen LogP contribution is -1.94. The number of methoxy groups -OCH3 is 1. The van der Waals surface area contributed by atoms with Crippen LogP contribution in [-0.4, -0.2) is 7.11 Å². The van der Waals surface area contributed by atoms with E-state index in [-0.39, 0.29) is 0 Å². The van der Waals surface area contributed by atoms with Crippen LogP contribution in [0.25, 0.3) is 0 Å². The van der Waals surface area contributed by atoms with Crippen molar-refractivity contribution in [1.82, 2.24) is 0 Å². The normalized spacial score (nSPS) is 10.1. The second kappa shape index (κ2) is 5.37. The van der Waals surface area contributed by atoms with E-state index in [1.165, 1.54) is 4.88 Å². The van der Waals surface area contributed by atoms with Gasteiger partial charge in [0.1, 0.15) is 18.1 Å². The van der Waals surface area contributed by atoms with Gasteiger partial charge in [0.05, 0.1) is 11.6 Å². The number of hydrogen-bond acceptors (Lipinski definition) is 3. The zero-order chi connectivity index (χ0) is 11.4. The highest BCUT2D eigenvalue weighted by atomic mass is 79.9. The molecular formula is C12H11BrO2S. The summed E-state index contributed by atoms with van der Waals surface area (Å²) >= 11 is 5.14. The van der Waals surface area contributed by atoms with Crippen LogP contribution in [0.5, 0.6) is 11.5 Å². The van der Waals surface area contributed by atoms with Gasteiger partial charge in [-0.3, -0.25) is 0 Å². The summed E-state index contributed by atoms with van der Waals surface area (Å²) in [5, 5.41) is 2.04. The molecule has 16 heavy (non-hydrogen) atoms. The fourth-order valence-corrected chi connectivity index (χ4v) is 2.36. The number of benzene rings is 1. The summed E-state index contributed by atoms with van der Waals surface area (Å²) in [5.41, 5.74) is 0. The van der Waals surface area contributed by atoms with E-state index >= 15 is 0 Å². The minimum atomic E-state index is 0.600. The van der Waals surface area contributed by atoms with Crippen LogP contribution in [-0.2, 0) is 6.61 Å². The maximum atomic E-state index is 5.69. The highest BCUT2D eigenvalue weighted by Gasteiger charge is 2.03. The van der Waals surface area contributed by atoms with Crippen LogP contribution in [0.1, 0.15) is 4.88 Å². The highest BCUT2D eigenvalue weighted by molar-refractivity contribution is 9.10. The molecule has 0 unspecified atom stereocenters. The molecule has 0 aliphatic heterocycles. The quantitative estimate of drug-likeness (QED) is 0.846. The molecule has 0 aliphatic rings. The minimum absolute atomic E-state index is 0.600. The van der Waals surface area contributed by atoms with E-state index in [1.807, 2.05) is 29.6 Å². The van der Waals surface area contributed by atoms with E-state index in [2.05, 4.69) is 22.0 Å². The van der Waals surface area contributed by atoms with Gasteiger partial charge in [-0.15, -0.1) is 11.3 Å². The molecule has 0 radical (unpaired) electrons. The van der Waals surface area contributed by atoms with Gasteiger partial charge in [-0.05, 0) is 45.6 Å². The third kappa shape index (κ3) is 2.77. The van der Waals surface area contributed by atoms with Crippen molar-refractivity contribution in [1.29, 1.82) is 0 Å². The Labute approximate surface area is 107 Å². The highest BCUT2D eigenvalue weighted by Crippen LogP contribution is 2.29. The molecule has 0 atom stereocenters. The van der Waals surface area contributed by atoms with Crippen molar-refractivity contribution in [3.8, 4) is 11.5 Å². The Hall–Kier alpha value is -1.00. The summed E-state index contributed by atoms with van der Waals surface area (Å²) in [7, 11) is 1.65. The van der Waals surface area contributed by atoms with Crippen molar-refractivity contribution in [2.24, 2.45) is 0 Å². The average Bonchev–Trinajstić information content (AvgIpc) is 2.80. The molecule has 0 N–H and O–H groups in total. The monoisotopic (exact) mass is 298 g/mol. The van der Waals surface area contributed by atoms with Crippen LogP contribution in [0.2, 0.25) is 0 Å². The Balaban J connectivity index is 2.04. The first-order valence-electron chi connectivity index (χ1n) is 4.78. The number of hydrogen-bond donors (Lipinski definition) is 0. The van der Waals surface area contributed by atoms with Gasteiger partial charge in [0.2, 0.25) is 0 Å². The van der Waals surface area contributed by atoms with Crippen molar-refractivity contribution in [3.05, 3.63) is 45.1 Å². The van der Waals surface area contributed by atoms with Gasteiger partial charge in [-0.2, -0.15) is 0 Å². The molecule has 0 fully saturated rings. The van der Waals surface area contributed by atoms with Gasteiger partial charge in [0.15, 0.2) is 0 Å². The Morgan fingerprint density at radius 3 is 2.81 bits per heavy atom. The third-order valence-electron chi connectivity index (χ3n) is 2.09. The summed E-state index contributed by atoms with van der Waals surface area (Å²) in [6, 6.07) is 9.75. The lowest BCUT2D eigenvalue weighted by Gasteiger charge is -2.08. The van der Waals surface area contributed by atoms with Crippen molar-refractivity contribution < 1.29 is 9.47 Å². The summed E-state index contributed by atoms with van der Waals surface area (Å²) in [6.07, 6.45) is 0. The van der Waals surface area contributed by atoms with Gasteiger partial charge >= 0.3 is 0 Å². The standard InChI is InChI=1S/C12H11BrO2S/c1-14-9-4-5-12(11(13)7-9)15-8-10-3-2-6-16-10/h2-7H,8H2,1H3. The molecule has 1 aromatic heterocycles. The fourth-order valence-electron chi connectivity index (χ4n) is 1.27. The predicted molar refractivity (Wildman–Crippen MR) is 69.3 cm³/mol. The molecule has 0 saturated heterocycles. The molecule has 0 bridgehead atoms. The van der Waals surface area contributed by atoms with E-state index in [9.17, 15) is 0 Å². The Morgan fingerprint density at radius 2 is 2.19 bits per heavy atom. The maximum Gasteiger partial charge on any atom is 0.134 e. The molecule has 2 rings (SSSR count). The second-order valence-corrected chi connectivity index (χ2v) is 5.05. The van der Waals surface area contributed by atoms with Crippen LogP contribution >= 0.6 is 27.3 Å². The molecule has 84 valence electrons. The largest absolute Gasteiger partial charge is 0.497 e. The molecule has 1 aromatic carbocycles. The molecule has 1 heterocycles. The first kappa shape index (κ1) is 11.5. The van der Waals surface area contributed by atoms with Crippen LogP contribution < -0.4 is 9.47 Å². The Bertz CT molecular complexity index is 454. The van der Waals surface area contributed by atoms with Crippen LogP contribution in [0.15, 0.2) is 40.2 Å². The lowest BCUT2D eigenvalue weighted by atomic mass is 10.3. The summed E-state index contributed by atoms with van der Waals surface area (Å²) < 4.78 is 11.7. The zero-order valence-electron chi connectivity index (χ0n) is 8.77. The molecule has 2 nitrogen and oxygen atoms in total. The van der Waals surface area contributed by atoms with Crippen molar-refractivity contribution in [2.75, 3.05) is 7.11 Å². The van der Waals surface area contributed by atoms with E-state index in [1.54, 1.807) is 18.4 Å². The van der Waals surface area contributed by atoms with Crippen LogP contribution in [0.4, 0.5) is 0 Å². The van der Waals surface area contributed by atoms with Crippen molar-refractivity contribution >= 4 is 27.3 Å². The number of thiophene rings is 1. The van der Waals surface area contributed by atoms with Crippen LogP contribution in [0, 0.1) is 0 Å². The molecule has 4 heteroatoms. The van der Waals surface area contributed by atoms with E-state index in [0.717, 1.165) is 16.0 Å². The number of ether oxygens (including phenoxy) is 2. The number of rotatable bonds is 4. The molecular weight excluding hydrogens is 288 g/mol. The Kier molecular flexibility index (Phi) is 3.85. The van der Waals surface area contributed by atoms with E-state index in [4.69, 9.17) is 9.47 Å². The van der Waals surface area contributed by atoms with Crippen LogP contribution in [0.3, 0.4) is 0 Å². The maximum absolute atomic E-state index is 5.69. The zero-order valence-corrected chi connectivity index (χ0v) is 11.2. The SMILES string of the molecule is COc1ccc(OCc2cccs2)c(Br)c1. The third-order valence-corrected chi connectivity index (χ3v) is 3.56. The van der Waals surface area contributed by atoms with Crippen molar-refractivity contribution in [2.45, 2.75) is 6.61 Å². The first-order chi connectivity index (χ1) is 7.79. The smallest absolute Gasteiger partial charge is 0.134 e. The molecule has 2 aromatic rings. The summed E-state index contributed by atoms with van der Waals surface area (Å²) in [5.74, 6) is 1.64. The van der Waals surface area contributed by atoms with Gasteiger partial charge in [0, 0.05) is 4.88 Å². The van der Waals surface area contributed by atoms with Crippen molar-refractivity contribution in [3.63, 3.8) is 0 Å². The summed E-state index contributed by atoms with van der Waals surface area (Å²) in [6.45, 7) is 0.600. The molecule has 0 spiro atoms. The average molecular weight is 299 g/mol. The predicted octanol–water partition coefficient (Wildman–Crippen LogP) is 4.10. The molecule has 0 amide bonds. The van der Waals surface area contributed by atoms with Gasteiger partial charge in [-0.1, -0.05) is 6.07 Å². The fraction of sp³-hybridized carbons (Fsp3) is 0.167. The van der Waals surface area contributed by atoms with Gasteiger partial charge in [0.25, 0.3) is 0 Å². The molecule has 0 saturated carbocycles. The van der Waals surface area contributed by atoms with E-state index in [0.29, 0.717) is 6.61 Å². The van der Waals surface area contributed by atoms with Gasteiger partial charge < -0.3 is 9.47 Å². The molecule has 0 aliphatic carbocycles. The Morgan fingerprint density at radius 1 is 1.31 bits per heavy atom. The number of halogens is 1. The van der Waals surface area contributed by atoms with E-state index < -0.39 is 0 Å².